The first kappa shape index (κ1) is 21.4. The summed E-state index contributed by atoms with van der Waals surface area (Å²) in [6.07, 6.45) is 0. The zero-order valence-corrected chi connectivity index (χ0v) is 17.6. The van der Waals surface area contributed by atoms with Crippen LogP contribution in [0.3, 0.4) is 0 Å². The number of benzene rings is 2. The van der Waals surface area contributed by atoms with Gasteiger partial charge in [0, 0.05) is 20.2 Å². The molecule has 8 heteroatoms. The van der Waals surface area contributed by atoms with Crippen molar-refractivity contribution in [1.29, 1.82) is 0 Å². The van der Waals surface area contributed by atoms with Crippen molar-refractivity contribution in [3.63, 3.8) is 0 Å². The molecule has 0 fully saturated rings. The van der Waals surface area contributed by atoms with Gasteiger partial charge in [0.1, 0.15) is 11.1 Å². The highest BCUT2D eigenvalue weighted by atomic mass is 32.1. The lowest BCUT2D eigenvalue weighted by Crippen LogP contribution is -2.12. The molecule has 0 amide bonds. The van der Waals surface area contributed by atoms with Crippen LogP contribution in [0.5, 0.6) is 10.1 Å². The van der Waals surface area contributed by atoms with Crippen molar-refractivity contribution in [3.05, 3.63) is 80.1 Å². The second-order valence-corrected chi connectivity index (χ2v) is 8.39. The molecule has 0 aliphatic rings. The fraction of sp³-hybridized carbons (Fsp3) is 0.0909. The number of aromatic hydroxyl groups is 2. The third-order valence-corrected chi connectivity index (χ3v) is 6.21. The number of hydrogen-bond donors (Lipinski definition) is 2. The molecule has 0 saturated heterocycles. The SMILES string of the molecule is CC(=O)c1c(O)sc2ccccc2c1=O.CC(=O)c1c(O)sc2ccccc2c1=O. The van der Waals surface area contributed by atoms with E-state index < -0.39 is 22.4 Å². The Labute approximate surface area is 178 Å². The van der Waals surface area contributed by atoms with Gasteiger partial charge < -0.3 is 10.2 Å². The first-order valence-corrected chi connectivity index (χ1v) is 10.4. The number of ketones is 2. The van der Waals surface area contributed by atoms with Crippen LogP contribution in [-0.2, 0) is 0 Å². The number of fused-ring (bicyclic) bond motifs is 2. The van der Waals surface area contributed by atoms with E-state index in [4.69, 9.17) is 0 Å². The molecule has 0 spiro atoms. The fourth-order valence-electron chi connectivity index (χ4n) is 2.88. The number of carbonyl (C=O) groups is 2. The molecular weight excluding hydrogens is 424 g/mol. The summed E-state index contributed by atoms with van der Waals surface area (Å²) in [5, 5.41) is 19.7. The normalized spacial score (nSPS) is 10.5. The molecular formula is C22H16O6S2. The predicted molar refractivity (Wildman–Crippen MR) is 120 cm³/mol. The van der Waals surface area contributed by atoms with Crippen molar-refractivity contribution < 1.29 is 19.8 Å². The molecule has 0 aliphatic carbocycles. The number of rotatable bonds is 2. The Morgan fingerprint density at radius 3 is 1.33 bits per heavy atom. The van der Waals surface area contributed by atoms with Crippen LogP contribution in [0.4, 0.5) is 0 Å². The summed E-state index contributed by atoms with van der Waals surface area (Å²) >= 11 is 2.09. The Morgan fingerprint density at radius 1 is 0.667 bits per heavy atom. The van der Waals surface area contributed by atoms with Gasteiger partial charge in [-0.2, -0.15) is 0 Å². The summed E-state index contributed by atoms with van der Waals surface area (Å²) in [5.41, 5.74) is -1.01. The molecule has 30 heavy (non-hydrogen) atoms. The smallest absolute Gasteiger partial charge is 0.202 e. The predicted octanol–water partition coefficient (Wildman–Crippen LogP) is 4.34. The summed E-state index contributed by atoms with van der Waals surface area (Å²) in [6, 6.07) is 13.8. The van der Waals surface area contributed by atoms with Crippen molar-refractivity contribution in [2.24, 2.45) is 0 Å². The van der Waals surface area contributed by atoms with Crippen LogP contribution in [-0.4, -0.2) is 21.8 Å². The van der Waals surface area contributed by atoms with Crippen LogP contribution in [0, 0.1) is 0 Å². The number of carbonyl (C=O) groups excluding carboxylic acids is 2. The van der Waals surface area contributed by atoms with E-state index in [2.05, 4.69) is 0 Å². The van der Waals surface area contributed by atoms with Crippen molar-refractivity contribution in [2.75, 3.05) is 0 Å². The van der Waals surface area contributed by atoms with Crippen molar-refractivity contribution in [3.8, 4) is 10.1 Å². The minimum Gasteiger partial charge on any atom is -0.499 e. The molecule has 0 aliphatic heterocycles. The molecule has 2 N–H and O–H groups in total. The topological polar surface area (TPSA) is 109 Å². The van der Waals surface area contributed by atoms with E-state index in [9.17, 15) is 29.4 Å². The first-order chi connectivity index (χ1) is 14.2. The molecule has 2 heterocycles. The third kappa shape index (κ3) is 4.00. The van der Waals surface area contributed by atoms with Crippen LogP contribution in [0.25, 0.3) is 20.2 Å². The molecule has 0 unspecified atom stereocenters. The monoisotopic (exact) mass is 440 g/mol. The van der Waals surface area contributed by atoms with Gasteiger partial charge in [-0.15, -0.1) is 0 Å². The second kappa shape index (κ2) is 8.56. The van der Waals surface area contributed by atoms with Gasteiger partial charge in [-0.05, 0) is 38.1 Å². The van der Waals surface area contributed by atoms with Crippen LogP contribution in [0.15, 0.2) is 58.1 Å². The molecule has 0 saturated carbocycles. The molecule has 152 valence electrons. The number of Topliss-reactive ketones (excluding diaryl/α,β-unsaturated/α-hetero) is 2. The van der Waals surface area contributed by atoms with Gasteiger partial charge in [0.05, 0.1) is 0 Å². The van der Waals surface area contributed by atoms with Gasteiger partial charge in [0.25, 0.3) is 0 Å². The summed E-state index contributed by atoms with van der Waals surface area (Å²) in [7, 11) is 0. The van der Waals surface area contributed by atoms with Gasteiger partial charge in [-0.25, -0.2) is 0 Å². The van der Waals surface area contributed by atoms with E-state index in [1.807, 2.05) is 0 Å². The molecule has 4 rings (SSSR count). The highest BCUT2D eigenvalue weighted by Gasteiger charge is 2.16. The van der Waals surface area contributed by atoms with Crippen molar-refractivity contribution >= 4 is 54.4 Å². The first-order valence-electron chi connectivity index (χ1n) is 8.73. The van der Waals surface area contributed by atoms with Gasteiger partial charge in [0.15, 0.2) is 21.7 Å². The summed E-state index contributed by atoms with van der Waals surface area (Å²) < 4.78 is 1.37. The molecule has 6 nitrogen and oxygen atoms in total. The van der Waals surface area contributed by atoms with Crippen LogP contribution >= 0.6 is 22.7 Å². The summed E-state index contributed by atoms with van der Waals surface area (Å²) in [6.45, 7) is 2.55. The molecule has 4 aromatic rings. The Balaban J connectivity index is 0.000000171. The molecule has 0 atom stereocenters. The third-order valence-electron chi connectivity index (χ3n) is 4.26. The van der Waals surface area contributed by atoms with E-state index in [-0.39, 0.29) is 21.3 Å². The lowest BCUT2D eigenvalue weighted by Gasteiger charge is -2.01. The Bertz CT molecular complexity index is 1310. The maximum atomic E-state index is 11.8. The molecule has 2 aromatic carbocycles. The average molecular weight is 440 g/mol. The van der Waals surface area contributed by atoms with Crippen LogP contribution < -0.4 is 10.9 Å². The van der Waals surface area contributed by atoms with E-state index >= 15 is 0 Å². The fourth-order valence-corrected chi connectivity index (χ4v) is 4.81. The minimum atomic E-state index is -0.403. The van der Waals surface area contributed by atoms with E-state index in [0.717, 1.165) is 22.7 Å². The average Bonchev–Trinajstić information content (AvgIpc) is 2.68. The van der Waals surface area contributed by atoms with Gasteiger partial charge >= 0.3 is 0 Å². The standard InChI is InChI=1S/2C11H8O3S/c2*1-6(12)9-10(13)7-4-2-3-5-8(7)15-11(9)14/h2*2-5,14H,1H3. The van der Waals surface area contributed by atoms with E-state index in [1.165, 1.54) is 13.8 Å². The quantitative estimate of drug-likeness (QED) is 0.449. The molecule has 0 radical (unpaired) electrons. The maximum Gasteiger partial charge on any atom is 0.202 e. The molecule has 2 aromatic heterocycles. The van der Waals surface area contributed by atoms with Crippen LogP contribution in [0.2, 0.25) is 0 Å². The lowest BCUT2D eigenvalue weighted by molar-refractivity contribution is 0.100. The van der Waals surface area contributed by atoms with Crippen molar-refractivity contribution in [2.45, 2.75) is 13.8 Å². The zero-order chi connectivity index (χ0) is 22.0. The maximum absolute atomic E-state index is 11.8. The van der Waals surface area contributed by atoms with Crippen LogP contribution in [0.1, 0.15) is 34.6 Å². The number of hydrogen-bond acceptors (Lipinski definition) is 8. The second-order valence-electron chi connectivity index (χ2n) is 6.33. The largest absolute Gasteiger partial charge is 0.499 e. The lowest BCUT2D eigenvalue weighted by atomic mass is 10.1. The highest BCUT2D eigenvalue weighted by molar-refractivity contribution is 7.20. The zero-order valence-electron chi connectivity index (χ0n) is 16.0. The van der Waals surface area contributed by atoms with E-state index in [1.54, 1.807) is 48.5 Å². The highest BCUT2D eigenvalue weighted by Crippen LogP contribution is 2.28. The van der Waals surface area contributed by atoms with E-state index in [0.29, 0.717) is 20.2 Å². The van der Waals surface area contributed by atoms with Gasteiger partial charge in [-0.3, -0.25) is 19.2 Å². The van der Waals surface area contributed by atoms with Crippen molar-refractivity contribution in [1.82, 2.24) is 0 Å². The summed E-state index contributed by atoms with van der Waals surface area (Å²) in [5.74, 6) is -0.806. The Morgan fingerprint density at radius 2 is 1.00 bits per heavy atom. The minimum absolute atomic E-state index is 0.112. The summed E-state index contributed by atoms with van der Waals surface area (Å²) in [4.78, 5) is 46.0. The van der Waals surface area contributed by atoms with Gasteiger partial charge in [-0.1, -0.05) is 46.9 Å². The van der Waals surface area contributed by atoms with Gasteiger partial charge in [0.2, 0.25) is 10.9 Å². The Hall–Kier alpha value is -3.36. The Kier molecular flexibility index (Phi) is 6.09. The molecule has 0 bridgehead atoms.